The zero-order chi connectivity index (χ0) is 11.8. The second-order valence-corrected chi connectivity index (χ2v) is 4.92. The molecule has 2 saturated heterocycles. The van der Waals surface area contributed by atoms with Gasteiger partial charge in [0.15, 0.2) is 0 Å². The van der Waals surface area contributed by atoms with Crippen LogP contribution >= 0.6 is 0 Å². The summed E-state index contributed by atoms with van der Waals surface area (Å²) in [4.78, 5) is 2.05. The van der Waals surface area contributed by atoms with E-state index in [1.807, 2.05) is 30.3 Å². The quantitative estimate of drug-likeness (QED) is 0.787. The highest BCUT2D eigenvalue weighted by molar-refractivity contribution is 5.16. The molecule has 4 heteroatoms. The van der Waals surface area contributed by atoms with Gasteiger partial charge < -0.3 is 10.4 Å². The fraction of sp³-hybridized carbons (Fsp3) is 0.538. The molecule has 2 N–H and O–H groups in total. The Labute approximate surface area is 100 Å². The van der Waals surface area contributed by atoms with E-state index in [9.17, 15) is 9.50 Å². The molecule has 0 radical (unpaired) electrons. The number of fused-ring (bicyclic) bond motifs is 1. The summed E-state index contributed by atoms with van der Waals surface area (Å²) in [6.45, 7) is 1.62. The molecule has 2 aliphatic rings. The third-order valence-corrected chi connectivity index (χ3v) is 3.77. The van der Waals surface area contributed by atoms with Crippen molar-refractivity contribution in [1.82, 2.24) is 10.2 Å². The van der Waals surface area contributed by atoms with E-state index in [4.69, 9.17) is 0 Å². The Kier molecular flexibility index (Phi) is 2.86. The van der Waals surface area contributed by atoms with Gasteiger partial charge in [-0.2, -0.15) is 0 Å². The lowest BCUT2D eigenvalue weighted by Gasteiger charge is -2.25. The Hall–Kier alpha value is -0.970. The van der Waals surface area contributed by atoms with Crippen molar-refractivity contribution in [3.63, 3.8) is 0 Å². The molecule has 92 valence electrons. The van der Waals surface area contributed by atoms with Crippen LogP contribution in [0.15, 0.2) is 30.3 Å². The Morgan fingerprint density at radius 2 is 2.12 bits per heavy atom. The molecule has 2 aliphatic heterocycles. The molecule has 1 aromatic carbocycles. The average molecular weight is 236 g/mol. The average Bonchev–Trinajstić information content (AvgIpc) is 2.84. The van der Waals surface area contributed by atoms with Crippen molar-refractivity contribution < 1.29 is 9.50 Å². The molecule has 3 rings (SSSR count). The Bertz CT molecular complexity index is 386. The number of β-amino-alcohol motifs (C(OH)–C–C–N with tert-alkyl or cyclic N) is 1. The minimum Gasteiger partial charge on any atom is -0.390 e. The maximum atomic E-state index is 13.8. The van der Waals surface area contributed by atoms with Crippen LogP contribution in [0.25, 0.3) is 0 Å². The highest BCUT2D eigenvalue weighted by Gasteiger charge is 2.49. The second kappa shape index (κ2) is 4.37. The van der Waals surface area contributed by atoms with Gasteiger partial charge in [0.25, 0.3) is 0 Å². The normalized spacial score (nSPS) is 37.3. The van der Waals surface area contributed by atoms with Gasteiger partial charge in [-0.3, -0.25) is 4.90 Å². The number of nitrogens with one attached hydrogen (secondary N) is 1. The molecule has 4 unspecified atom stereocenters. The van der Waals surface area contributed by atoms with Crippen molar-refractivity contribution >= 4 is 0 Å². The zero-order valence-electron chi connectivity index (χ0n) is 9.59. The third kappa shape index (κ3) is 1.97. The van der Waals surface area contributed by atoms with Crippen LogP contribution in [-0.4, -0.2) is 47.5 Å². The predicted octanol–water partition coefficient (Wildman–Crippen LogP) is 0.542. The molecule has 0 spiro atoms. The molecule has 0 aliphatic carbocycles. The van der Waals surface area contributed by atoms with Crippen LogP contribution in [0.4, 0.5) is 4.39 Å². The summed E-state index contributed by atoms with van der Waals surface area (Å²) < 4.78 is 13.8. The highest BCUT2D eigenvalue weighted by Crippen LogP contribution is 2.29. The van der Waals surface area contributed by atoms with Crippen LogP contribution in [-0.2, 0) is 6.54 Å². The lowest BCUT2D eigenvalue weighted by atomic mass is 10.1. The van der Waals surface area contributed by atoms with Crippen LogP contribution in [0, 0.1) is 0 Å². The maximum Gasteiger partial charge on any atom is 0.130 e. The van der Waals surface area contributed by atoms with Gasteiger partial charge in [0, 0.05) is 19.6 Å². The summed E-state index contributed by atoms with van der Waals surface area (Å²) in [5, 5.41) is 13.0. The lowest BCUT2D eigenvalue weighted by Crippen LogP contribution is -2.40. The van der Waals surface area contributed by atoms with Crippen LogP contribution in [0.5, 0.6) is 0 Å². The monoisotopic (exact) mass is 236 g/mol. The molecule has 0 amide bonds. The topological polar surface area (TPSA) is 35.5 Å². The molecule has 4 atom stereocenters. The summed E-state index contributed by atoms with van der Waals surface area (Å²) in [7, 11) is 0. The summed E-state index contributed by atoms with van der Waals surface area (Å²) in [5.41, 5.74) is 1.17. The fourth-order valence-electron chi connectivity index (χ4n) is 3.00. The van der Waals surface area contributed by atoms with Crippen LogP contribution in [0.3, 0.4) is 0 Å². The number of aliphatic hydroxyl groups is 1. The van der Waals surface area contributed by atoms with Gasteiger partial charge in [-0.1, -0.05) is 30.3 Å². The Morgan fingerprint density at radius 1 is 1.35 bits per heavy atom. The fourth-order valence-corrected chi connectivity index (χ4v) is 3.00. The van der Waals surface area contributed by atoms with Crippen LogP contribution < -0.4 is 5.32 Å². The van der Waals surface area contributed by atoms with Crippen molar-refractivity contribution in [1.29, 1.82) is 0 Å². The summed E-state index contributed by atoms with van der Waals surface area (Å²) in [6, 6.07) is 9.74. The molecule has 0 bridgehead atoms. The number of alkyl halides is 1. The van der Waals surface area contributed by atoms with E-state index >= 15 is 0 Å². The minimum absolute atomic E-state index is 0.0785. The number of likely N-dealkylation sites (tertiary alicyclic amines) is 1. The molecule has 17 heavy (non-hydrogen) atoms. The number of hydrogen-bond acceptors (Lipinski definition) is 3. The van der Waals surface area contributed by atoms with Crippen molar-refractivity contribution in [3.8, 4) is 0 Å². The van der Waals surface area contributed by atoms with Gasteiger partial charge in [-0.25, -0.2) is 4.39 Å². The largest absolute Gasteiger partial charge is 0.390 e. The number of halogens is 1. The Morgan fingerprint density at radius 3 is 2.88 bits per heavy atom. The standard InChI is InChI=1S/C13H17FN2O/c14-10-8-16(7-9-4-2-1-3-5-9)13-11(17)6-15-12(10)13/h1-5,10-13,15,17H,6-8H2. The number of hydrogen-bond donors (Lipinski definition) is 2. The van der Waals surface area contributed by atoms with E-state index in [2.05, 4.69) is 10.2 Å². The molecule has 2 heterocycles. The molecule has 1 aromatic rings. The Balaban J connectivity index is 1.75. The van der Waals surface area contributed by atoms with E-state index < -0.39 is 12.3 Å². The first-order valence-electron chi connectivity index (χ1n) is 6.09. The molecule has 3 nitrogen and oxygen atoms in total. The third-order valence-electron chi connectivity index (χ3n) is 3.77. The molecule has 0 saturated carbocycles. The maximum absolute atomic E-state index is 13.8. The number of aliphatic hydroxyl groups excluding tert-OH is 1. The summed E-state index contributed by atoms with van der Waals surface area (Å²) in [6.07, 6.45) is -1.33. The number of benzene rings is 1. The molecular formula is C13H17FN2O. The van der Waals surface area contributed by atoms with E-state index in [0.29, 0.717) is 19.6 Å². The number of rotatable bonds is 2. The summed E-state index contributed by atoms with van der Waals surface area (Å²) >= 11 is 0. The van der Waals surface area contributed by atoms with Gasteiger partial charge in [-0.15, -0.1) is 0 Å². The van der Waals surface area contributed by atoms with Gasteiger partial charge in [0.05, 0.1) is 18.2 Å². The van der Waals surface area contributed by atoms with Crippen molar-refractivity contribution in [2.75, 3.05) is 13.1 Å². The highest BCUT2D eigenvalue weighted by atomic mass is 19.1. The van der Waals surface area contributed by atoms with Crippen LogP contribution in [0.2, 0.25) is 0 Å². The lowest BCUT2D eigenvalue weighted by molar-refractivity contribution is 0.0943. The predicted molar refractivity (Wildman–Crippen MR) is 63.3 cm³/mol. The number of nitrogens with zero attached hydrogens (tertiary/aromatic N) is 1. The first-order valence-corrected chi connectivity index (χ1v) is 6.09. The van der Waals surface area contributed by atoms with E-state index in [1.54, 1.807) is 0 Å². The van der Waals surface area contributed by atoms with E-state index in [0.717, 1.165) is 0 Å². The van der Waals surface area contributed by atoms with Gasteiger partial charge in [-0.05, 0) is 5.56 Å². The molecule has 2 fully saturated rings. The van der Waals surface area contributed by atoms with E-state index in [1.165, 1.54) is 5.56 Å². The van der Waals surface area contributed by atoms with Gasteiger partial charge in [0.2, 0.25) is 0 Å². The van der Waals surface area contributed by atoms with Gasteiger partial charge in [0.1, 0.15) is 6.17 Å². The second-order valence-electron chi connectivity index (χ2n) is 4.92. The van der Waals surface area contributed by atoms with Crippen LogP contribution in [0.1, 0.15) is 5.56 Å². The zero-order valence-corrected chi connectivity index (χ0v) is 9.59. The molecular weight excluding hydrogens is 219 g/mol. The van der Waals surface area contributed by atoms with Crippen molar-refractivity contribution in [2.45, 2.75) is 30.9 Å². The SMILES string of the molecule is OC1CNC2C(F)CN(Cc3ccccc3)C12. The first-order chi connectivity index (χ1) is 8.25. The minimum atomic E-state index is -0.874. The smallest absolute Gasteiger partial charge is 0.130 e. The summed E-state index contributed by atoms with van der Waals surface area (Å²) in [5.74, 6) is 0. The van der Waals surface area contributed by atoms with Gasteiger partial charge >= 0.3 is 0 Å². The van der Waals surface area contributed by atoms with E-state index in [-0.39, 0.29) is 12.1 Å². The van der Waals surface area contributed by atoms with Crippen molar-refractivity contribution in [2.24, 2.45) is 0 Å². The molecule has 0 aromatic heterocycles. The van der Waals surface area contributed by atoms with Crippen molar-refractivity contribution in [3.05, 3.63) is 35.9 Å². The first kappa shape index (κ1) is 11.1.